The van der Waals surface area contributed by atoms with Crippen LogP contribution in [0.15, 0.2) is 126 Å². The van der Waals surface area contributed by atoms with E-state index in [0.717, 1.165) is 48.3 Å². The maximum atomic E-state index is 14.3. The van der Waals surface area contributed by atoms with Gasteiger partial charge in [-0.05, 0) is 49.5 Å². The van der Waals surface area contributed by atoms with Gasteiger partial charge in [0, 0.05) is 23.0 Å². The van der Waals surface area contributed by atoms with E-state index in [1.807, 2.05) is 97.6 Å². The molecule has 2 aromatic rings. The van der Waals surface area contributed by atoms with E-state index in [0.29, 0.717) is 16.8 Å². The van der Waals surface area contributed by atoms with Crippen LogP contribution >= 0.6 is 0 Å². The smallest absolute Gasteiger partial charge is 0.265 e. The molecule has 2 aliphatic carbocycles. The molecular weight excluding hydrogens is 456 g/mol. The average Bonchev–Trinajstić information content (AvgIpc) is 3.26. The molecule has 0 radical (unpaired) electrons. The predicted octanol–water partition coefficient (Wildman–Crippen LogP) is 7.32. The normalized spacial score (nSPS) is 20.7. The Morgan fingerprint density at radius 3 is 2.16 bits per heavy atom. The number of rotatable bonds is 4. The van der Waals surface area contributed by atoms with Crippen LogP contribution < -0.4 is 4.90 Å². The molecule has 0 saturated carbocycles. The van der Waals surface area contributed by atoms with Gasteiger partial charge in [-0.15, -0.1) is 0 Å². The van der Waals surface area contributed by atoms with E-state index in [-0.39, 0.29) is 17.7 Å². The molecule has 2 amide bonds. The molecule has 186 valence electrons. The van der Waals surface area contributed by atoms with Gasteiger partial charge in [-0.25, -0.2) is 0 Å². The third kappa shape index (κ3) is 4.33. The van der Waals surface area contributed by atoms with Crippen molar-refractivity contribution in [1.29, 1.82) is 0 Å². The first kappa shape index (κ1) is 24.5. The lowest BCUT2D eigenvalue weighted by Crippen LogP contribution is -2.32. The van der Waals surface area contributed by atoms with Gasteiger partial charge in [0.2, 0.25) is 0 Å². The number of carbonyl (C=O) groups excluding carboxylic acids is 2. The summed E-state index contributed by atoms with van der Waals surface area (Å²) in [5, 5.41) is 0. The van der Waals surface area contributed by atoms with Gasteiger partial charge in [-0.3, -0.25) is 19.4 Å². The molecule has 1 unspecified atom stereocenters. The van der Waals surface area contributed by atoms with Gasteiger partial charge in [-0.1, -0.05) is 98.8 Å². The van der Waals surface area contributed by atoms with Crippen LogP contribution in [0.3, 0.4) is 0 Å². The summed E-state index contributed by atoms with van der Waals surface area (Å²) >= 11 is 0. The van der Waals surface area contributed by atoms with Crippen LogP contribution in [0.25, 0.3) is 5.70 Å². The zero-order valence-corrected chi connectivity index (χ0v) is 21.4. The van der Waals surface area contributed by atoms with E-state index >= 15 is 0 Å². The molecule has 4 nitrogen and oxygen atoms in total. The molecule has 0 spiro atoms. The fourth-order valence-corrected chi connectivity index (χ4v) is 5.34. The Hall–Kier alpha value is -4.18. The standard InChI is InChI=1S/C31H26N2O2.C2H6/c34-30-27-26(28(22-14-6-3-7-15-22)32(30)24-18-10-1-2-11-19-24)31(35)33(25-20-12-5-13-21-25)29(27)23-16-8-4-9-17-23;1-2/h3-10,12-14,16-22H,1-2,11,15H2;1-2H3. The monoisotopic (exact) mass is 488 g/mol. The van der Waals surface area contributed by atoms with Crippen LogP contribution in [0.2, 0.25) is 0 Å². The van der Waals surface area contributed by atoms with Crippen molar-refractivity contribution >= 4 is 23.2 Å². The highest BCUT2D eigenvalue weighted by Crippen LogP contribution is 2.49. The molecule has 2 heterocycles. The van der Waals surface area contributed by atoms with Crippen LogP contribution in [0.4, 0.5) is 5.69 Å². The van der Waals surface area contributed by atoms with Gasteiger partial charge < -0.3 is 0 Å². The van der Waals surface area contributed by atoms with Crippen LogP contribution in [0, 0.1) is 5.92 Å². The number of amides is 2. The molecule has 6 rings (SSSR count). The van der Waals surface area contributed by atoms with Gasteiger partial charge in [0.1, 0.15) is 0 Å². The Morgan fingerprint density at radius 1 is 0.757 bits per heavy atom. The van der Waals surface area contributed by atoms with Crippen LogP contribution in [-0.2, 0) is 9.59 Å². The highest BCUT2D eigenvalue weighted by Gasteiger charge is 2.50. The van der Waals surface area contributed by atoms with Crippen molar-refractivity contribution in [2.24, 2.45) is 5.92 Å². The van der Waals surface area contributed by atoms with E-state index in [2.05, 4.69) is 24.3 Å². The molecule has 2 aliphatic heterocycles. The zero-order valence-electron chi connectivity index (χ0n) is 21.4. The van der Waals surface area contributed by atoms with Crippen LogP contribution in [-0.4, -0.2) is 16.7 Å². The van der Waals surface area contributed by atoms with E-state index in [1.54, 1.807) is 4.90 Å². The van der Waals surface area contributed by atoms with E-state index < -0.39 is 0 Å². The molecule has 2 aromatic carbocycles. The lowest BCUT2D eigenvalue weighted by Gasteiger charge is -2.29. The summed E-state index contributed by atoms with van der Waals surface area (Å²) in [6.07, 6.45) is 18.2. The number of hydrogen-bond donors (Lipinski definition) is 0. The Kier molecular flexibility index (Phi) is 7.18. The molecule has 0 bridgehead atoms. The first-order valence-electron chi connectivity index (χ1n) is 13.2. The second-order valence-electron chi connectivity index (χ2n) is 9.08. The summed E-state index contributed by atoms with van der Waals surface area (Å²) in [5.41, 5.74) is 4.97. The maximum Gasteiger partial charge on any atom is 0.265 e. The minimum Gasteiger partial charge on any atom is -0.280 e. The molecule has 4 heteroatoms. The van der Waals surface area contributed by atoms with Crippen molar-refractivity contribution in [2.75, 3.05) is 4.90 Å². The van der Waals surface area contributed by atoms with Crippen molar-refractivity contribution in [3.63, 3.8) is 0 Å². The number of hydrogen-bond acceptors (Lipinski definition) is 2. The van der Waals surface area contributed by atoms with Gasteiger partial charge in [-0.2, -0.15) is 0 Å². The number of para-hydroxylation sites is 1. The third-order valence-corrected chi connectivity index (χ3v) is 6.91. The molecule has 0 fully saturated rings. The number of allylic oxidation sites excluding steroid dienone is 7. The first-order valence-corrected chi connectivity index (χ1v) is 13.2. The van der Waals surface area contributed by atoms with Crippen molar-refractivity contribution in [3.05, 3.63) is 131 Å². The Bertz CT molecular complexity index is 1370. The minimum absolute atomic E-state index is 0.0503. The Morgan fingerprint density at radius 2 is 1.46 bits per heavy atom. The van der Waals surface area contributed by atoms with E-state index in [1.165, 1.54) is 0 Å². The maximum absolute atomic E-state index is 14.3. The molecule has 4 aliphatic rings. The third-order valence-electron chi connectivity index (χ3n) is 6.91. The highest BCUT2D eigenvalue weighted by atomic mass is 16.2. The number of nitrogens with zero attached hydrogens (tertiary/aromatic N) is 2. The van der Waals surface area contributed by atoms with Crippen molar-refractivity contribution in [3.8, 4) is 0 Å². The molecule has 37 heavy (non-hydrogen) atoms. The minimum atomic E-state index is -0.142. The fourth-order valence-electron chi connectivity index (χ4n) is 5.34. The molecule has 0 aromatic heterocycles. The van der Waals surface area contributed by atoms with Crippen molar-refractivity contribution in [2.45, 2.75) is 39.5 Å². The Balaban J connectivity index is 0.00000137. The van der Waals surface area contributed by atoms with Crippen molar-refractivity contribution < 1.29 is 9.59 Å². The van der Waals surface area contributed by atoms with Gasteiger partial charge >= 0.3 is 0 Å². The fraction of sp³-hybridized carbons (Fsp3) is 0.212. The molecule has 0 saturated heterocycles. The van der Waals surface area contributed by atoms with Gasteiger partial charge in [0.15, 0.2) is 0 Å². The summed E-state index contributed by atoms with van der Waals surface area (Å²) in [7, 11) is 0. The summed E-state index contributed by atoms with van der Waals surface area (Å²) in [5.74, 6) is -0.316. The second kappa shape index (κ2) is 10.8. The van der Waals surface area contributed by atoms with Crippen LogP contribution in [0.1, 0.15) is 45.1 Å². The van der Waals surface area contributed by atoms with Crippen LogP contribution in [0.5, 0.6) is 0 Å². The number of anilines is 1. The molecular formula is C33H32N2O2. The number of benzene rings is 2. The summed E-state index contributed by atoms with van der Waals surface area (Å²) < 4.78 is 0. The summed E-state index contributed by atoms with van der Waals surface area (Å²) in [6.45, 7) is 4.00. The summed E-state index contributed by atoms with van der Waals surface area (Å²) in [4.78, 5) is 32.0. The topological polar surface area (TPSA) is 40.6 Å². The SMILES string of the molecule is CC.O=C1C2=C(c3ccccc3)N(c3ccccc3)C(=O)C2=C(C2C=CC=CC2)N1C1=CCCCC=C1. The molecule has 1 atom stereocenters. The number of carbonyl (C=O) groups is 2. The lowest BCUT2D eigenvalue weighted by atomic mass is 9.93. The quantitative estimate of drug-likeness (QED) is 0.452. The second-order valence-corrected chi connectivity index (χ2v) is 9.08. The highest BCUT2D eigenvalue weighted by molar-refractivity contribution is 6.33. The first-order chi connectivity index (χ1) is 18.3. The van der Waals surface area contributed by atoms with Crippen molar-refractivity contribution in [1.82, 2.24) is 4.90 Å². The van der Waals surface area contributed by atoms with E-state index in [9.17, 15) is 9.59 Å². The Labute approximate surface area is 219 Å². The van der Waals surface area contributed by atoms with Gasteiger partial charge in [0.25, 0.3) is 11.8 Å². The predicted molar refractivity (Wildman–Crippen MR) is 150 cm³/mol. The van der Waals surface area contributed by atoms with Gasteiger partial charge in [0.05, 0.1) is 16.8 Å². The zero-order chi connectivity index (χ0) is 25.8. The van der Waals surface area contributed by atoms with E-state index in [4.69, 9.17) is 0 Å². The largest absolute Gasteiger partial charge is 0.280 e. The summed E-state index contributed by atoms with van der Waals surface area (Å²) in [6, 6.07) is 19.4. The molecule has 0 N–H and O–H groups in total. The average molecular weight is 489 g/mol. The number of fused-ring (bicyclic) bond motifs is 1. The lowest BCUT2D eigenvalue weighted by molar-refractivity contribution is -0.122.